The molecule has 3 atom stereocenters. The van der Waals surface area contributed by atoms with Crippen LogP contribution in [0.5, 0.6) is 0 Å². The monoisotopic (exact) mass is 445 g/mol. The quantitative estimate of drug-likeness (QED) is 0.386. The molecule has 2 aromatic carbocycles. The second kappa shape index (κ2) is 12.2. The van der Waals surface area contributed by atoms with E-state index in [4.69, 9.17) is 0 Å². The van der Waals surface area contributed by atoms with Crippen LogP contribution >= 0.6 is 0 Å². The van der Waals surface area contributed by atoms with Gasteiger partial charge in [0.05, 0.1) is 11.6 Å². The first-order chi connectivity index (χ1) is 15.9. The summed E-state index contributed by atoms with van der Waals surface area (Å²) in [4.78, 5) is 4.87. The SMILES string of the molecule is CC(C)c1ccc(CN(CCC2CCC(CN(C)C)CCC2C)c2ccc(C#N)cc2)cc1. The van der Waals surface area contributed by atoms with Crippen LogP contribution in [0.2, 0.25) is 0 Å². The Labute approximate surface area is 202 Å². The summed E-state index contributed by atoms with van der Waals surface area (Å²) in [6.07, 6.45) is 6.68. The standard InChI is InChI=1S/C30H43N3/c1-23(2)28-13-8-27(9-14-28)22-33(30-16-11-25(20-31)12-17-30)19-18-29-15-10-26(21-32(4)5)7-6-24(29)3/h8-9,11-14,16-17,23-24,26,29H,6-7,10,15,18-19,21-22H2,1-5H3. The van der Waals surface area contributed by atoms with Crippen LogP contribution in [0.25, 0.3) is 0 Å². The number of hydrogen-bond acceptors (Lipinski definition) is 3. The molecule has 0 bridgehead atoms. The van der Waals surface area contributed by atoms with Gasteiger partial charge < -0.3 is 9.80 Å². The maximum absolute atomic E-state index is 9.21. The molecule has 0 heterocycles. The average Bonchev–Trinajstić information content (AvgIpc) is 2.98. The zero-order chi connectivity index (χ0) is 23.8. The van der Waals surface area contributed by atoms with Gasteiger partial charge in [-0.05, 0) is 98.8 Å². The third kappa shape index (κ3) is 7.61. The van der Waals surface area contributed by atoms with Crippen molar-refractivity contribution in [2.45, 2.75) is 65.3 Å². The van der Waals surface area contributed by atoms with Gasteiger partial charge in [-0.1, -0.05) is 51.5 Å². The highest BCUT2D eigenvalue weighted by Gasteiger charge is 2.25. The van der Waals surface area contributed by atoms with Crippen molar-refractivity contribution in [2.24, 2.45) is 17.8 Å². The van der Waals surface area contributed by atoms with E-state index >= 15 is 0 Å². The van der Waals surface area contributed by atoms with Crippen molar-refractivity contribution in [2.75, 3.05) is 32.1 Å². The summed E-state index contributed by atoms with van der Waals surface area (Å²) < 4.78 is 0. The molecular weight excluding hydrogens is 402 g/mol. The number of anilines is 1. The zero-order valence-corrected chi connectivity index (χ0v) is 21.4. The van der Waals surface area contributed by atoms with E-state index in [9.17, 15) is 5.26 Å². The second-order valence-corrected chi connectivity index (χ2v) is 10.8. The van der Waals surface area contributed by atoms with Crippen LogP contribution in [0.3, 0.4) is 0 Å². The number of rotatable bonds is 9. The van der Waals surface area contributed by atoms with Gasteiger partial charge in [0.15, 0.2) is 0 Å². The van der Waals surface area contributed by atoms with Gasteiger partial charge in [0.1, 0.15) is 0 Å². The largest absolute Gasteiger partial charge is 0.367 e. The van der Waals surface area contributed by atoms with Crippen molar-refractivity contribution in [3.8, 4) is 6.07 Å². The Kier molecular flexibility index (Phi) is 9.39. The smallest absolute Gasteiger partial charge is 0.0991 e. The fourth-order valence-corrected chi connectivity index (χ4v) is 5.34. The van der Waals surface area contributed by atoms with E-state index in [-0.39, 0.29) is 0 Å². The van der Waals surface area contributed by atoms with Gasteiger partial charge in [-0.2, -0.15) is 5.26 Å². The van der Waals surface area contributed by atoms with E-state index in [1.54, 1.807) is 0 Å². The van der Waals surface area contributed by atoms with Crippen LogP contribution < -0.4 is 4.90 Å². The molecule has 3 nitrogen and oxygen atoms in total. The Balaban J connectivity index is 1.70. The molecule has 178 valence electrons. The van der Waals surface area contributed by atoms with Gasteiger partial charge in [0.2, 0.25) is 0 Å². The predicted octanol–water partition coefficient (Wildman–Crippen LogP) is 7.08. The van der Waals surface area contributed by atoms with Gasteiger partial charge in [0, 0.05) is 25.3 Å². The van der Waals surface area contributed by atoms with E-state index in [2.05, 4.69) is 87.1 Å². The van der Waals surface area contributed by atoms with E-state index < -0.39 is 0 Å². The topological polar surface area (TPSA) is 30.3 Å². The first kappa shape index (κ1) is 25.3. The van der Waals surface area contributed by atoms with E-state index in [0.29, 0.717) is 5.92 Å². The minimum absolute atomic E-state index is 0.557. The summed E-state index contributed by atoms with van der Waals surface area (Å²) in [5.41, 5.74) is 4.69. The van der Waals surface area contributed by atoms with Crippen LogP contribution in [-0.2, 0) is 6.54 Å². The van der Waals surface area contributed by atoms with Crippen molar-refractivity contribution in [1.82, 2.24) is 4.90 Å². The summed E-state index contributed by atoms with van der Waals surface area (Å²) in [5, 5.41) is 9.21. The molecule has 1 aliphatic rings. The van der Waals surface area contributed by atoms with Crippen molar-refractivity contribution in [3.05, 3.63) is 65.2 Å². The number of nitrogens with zero attached hydrogens (tertiary/aromatic N) is 3. The van der Waals surface area contributed by atoms with Crippen LogP contribution in [0, 0.1) is 29.1 Å². The molecule has 0 N–H and O–H groups in total. The summed E-state index contributed by atoms with van der Waals surface area (Å²) in [6.45, 7) is 10.2. The lowest BCUT2D eigenvalue weighted by molar-refractivity contribution is 0.298. The third-order valence-corrected chi connectivity index (χ3v) is 7.56. The lowest BCUT2D eigenvalue weighted by Gasteiger charge is -2.29. The molecule has 1 fully saturated rings. The Bertz CT molecular complexity index is 876. The first-order valence-electron chi connectivity index (χ1n) is 12.8. The molecule has 0 aliphatic heterocycles. The first-order valence-corrected chi connectivity index (χ1v) is 12.8. The molecule has 1 aliphatic carbocycles. The fourth-order valence-electron chi connectivity index (χ4n) is 5.34. The van der Waals surface area contributed by atoms with E-state index in [1.165, 1.54) is 55.5 Å². The normalized spacial score (nSPS) is 21.1. The van der Waals surface area contributed by atoms with E-state index in [0.717, 1.165) is 36.4 Å². The predicted molar refractivity (Wildman–Crippen MR) is 141 cm³/mol. The molecule has 3 heteroatoms. The Hall–Kier alpha value is -2.31. The Morgan fingerprint density at radius 1 is 0.939 bits per heavy atom. The minimum Gasteiger partial charge on any atom is -0.367 e. The Morgan fingerprint density at radius 3 is 2.21 bits per heavy atom. The molecule has 0 radical (unpaired) electrons. The van der Waals surface area contributed by atoms with Crippen molar-refractivity contribution < 1.29 is 0 Å². The summed E-state index contributed by atoms with van der Waals surface area (Å²) in [5.74, 6) is 3.00. The lowest BCUT2D eigenvalue weighted by atomic mass is 9.86. The van der Waals surface area contributed by atoms with Crippen LogP contribution in [-0.4, -0.2) is 32.1 Å². The molecule has 1 saturated carbocycles. The number of benzene rings is 2. The number of nitriles is 1. The van der Waals surface area contributed by atoms with Crippen molar-refractivity contribution in [1.29, 1.82) is 5.26 Å². The van der Waals surface area contributed by atoms with Gasteiger partial charge in [-0.15, -0.1) is 0 Å². The summed E-state index contributed by atoms with van der Waals surface area (Å²) in [6, 6.07) is 19.5. The highest BCUT2D eigenvalue weighted by atomic mass is 15.1. The highest BCUT2D eigenvalue weighted by molar-refractivity contribution is 5.50. The van der Waals surface area contributed by atoms with Crippen LogP contribution in [0.15, 0.2) is 48.5 Å². The second-order valence-electron chi connectivity index (χ2n) is 10.8. The summed E-state index contributed by atoms with van der Waals surface area (Å²) >= 11 is 0. The molecule has 0 saturated heterocycles. The van der Waals surface area contributed by atoms with Gasteiger partial charge in [0.25, 0.3) is 0 Å². The molecule has 3 unspecified atom stereocenters. The third-order valence-electron chi connectivity index (χ3n) is 7.56. The van der Waals surface area contributed by atoms with Crippen molar-refractivity contribution in [3.63, 3.8) is 0 Å². The summed E-state index contributed by atoms with van der Waals surface area (Å²) in [7, 11) is 4.41. The molecule has 2 aromatic rings. The van der Waals surface area contributed by atoms with Crippen molar-refractivity contribution >= 4 is 5.69 Å². The van der Waals surface area contributed by atoms with Gasteiger partial charge in [-0.25, -0.2) is 0 Å². The minimum atomic E-state index is 0.557. The molecule has 0 spiro atoms. The van der Waals surface area contributed by atoms with Gasteiger partial charge >= 0.3 is 0 Å². The maximum atomic E-state index is 9.21. The zero-order valence-electron chi connectivity index (χ0n) is 21.4. The van der Waals surface area contributed by atoms with Gasteiger partial charge in [-0.3, -0.25) is 0 Å². The maximum Gasteiger partial charge on any atom is 0.0991 e. The molecule has 3 rings (SSSR count). The fraction of sp³-hybridized carbons (Fsp3) is 0.567. The van der Waals surface area contributed by atoms with Crippen LogP contribution in [0.4, 0.5) is 5.69 Å². The highest BCUT2D eigenvalue weighted by Crippen LogP contribution is 2.34. The lowest BCUT2D eigenvalue weighted by Crippen LogP contribution is -2.27. The average molecular weight is 446 g/mol. The number of hydrogen-bond donors (Lipinski definition) is 0. The molecule has 33 heavy (non-hydrogen) atoms. The molecule has 0 aromatic heterocycles. The Morgan fingerprint density at radius 2 is 1.61 bits per heavy atom. The van der Waals surface area contributed by atoms with E-state index in [1.807, 2.05) is 12.1 Å². The molecule has 0 amide bonds. The van der Waals surface area contributed by atoms with Crippen LogP contribution in [0.1, 0.15) is 75.5 Å². The molecular formula is C30H43N3.